The average molecular weight is 282 g/mol. The van der Waals surface area contributed by atoms with Crippen LogP contribution in [0.4, 0.5) is 5.69 Å². The van der Waals surface area contributed by atoms with Gasteiger partial charge >= 0.3 is 0 Å². The van der Waals surface area contributed by atoms with Gasteiger partial charge in [-0.1, -0.05) is 13.3 Å². The Morgan fingerprint density at radius 3 is 2.80 bits per heavy atom. The van der Waals surface area contributed by atoms with Crippen LogP contribution in [-0.2, 0) is 6.54 Å². The highest BCUT2D eigenvalue weighted by molar-refractivity contribution is 5.43. The summed E-state index contributed by atoms with van der Waals surface area (Å²) in [5.41, 5.74) is 0.825. The monoisotopic (exact) mass is 282 g/mol. The number of nitrogens with zero attached hydrogens (tertiary/aromatic N) is 1. The van der Waals surface area contributed by atoms with Crippen molar-refractivity contribution in [2.75, 3.05) is 20.3 Å². The number of ether oxygens (including phenoxy) is 1. The van der Waals surface area contributed by atoms with E-state index in [-0.39, 0.29) is 12.3 Å². The van der Waals surface area contributed by atoms with E-state index in [1.165, 1.54) is 12.1 Å². The van der Waals surface area contributed by atoms with E-state index in [1.54, 1.807) is 13.2 Å². The number of non-ortho nitro benzene ring substituents is 1. The second kappa shape index (κ2) is 8.50. The molecule has 1 atom stereocenters. The lowest BCUT2D eigenvalue weighted by atomic mass is 10.0. The van der Waals surface area contributed by atoms with Crippen molar-refractivity contribution in [3.63, 3.8) is 0 Å². The number of hydrogen-bond acceptors (Lipinski definition) is 5. The molecule has 6 nitrogen and oxygen atoms in total. The van der Waals surface area contributed by atoms with Crippen molar-refractivity contribution in [1.29, 1.82) is 0 Å². The number of hydrogen-bond donors (Lipinski definition) is 2. The van der Waals surface area contributed by atoms with E-state index >= 15 is 0 Å². The summed E-state index contributed by atoms with van der Waals surface area (Å²) in [6.07, 6.45) is 1.75. The first-order chi connectivity index (χ1) is 9.62. The van der Waals surface area contributed by atoms with Crippen LogP contribution in [-0.4, -0.2) is 30.3 Å². The van der Waals surface area contributed by atoms with E-state index < -0.39 is 4.92 Å². The predicted octanol–water partition coefficient (Wildman–Crippen LogP) is 2.10. The van der Waals surface area contributed by atoms with Crippen LogP contribution in [0.15, 0.2) is 18.2 Å². The van der Waals surface area contributed by atoms with Crippen LogP contribution in [0.5, 0.6) is 5.75 Å². The zero-order chi connectivity index (χ0) is 15.0. The molecule has 0 aliphatic heterocycles. The Kier molecular flexibility index (Phi) is 6.97. The fourth-order valence-corrected chi connectivity index (χ4v) is 2.06. The highest BCUT2D eigenvalue weighted by Crippen LogP contribution is 2.23. The first-order valence-electron chi connectivity index (χ1n) is 6.75. The van der Waals surface area contributed by atoms with Gasteiger partial charge in [-0.15, -0.1) is 0 Å². The molecule has 2 N–H and O–H groups in total. The minimum Gasteiger partial charge on any atom is -0.496 e. The van der Waals surface area contributed by atoms with Crippen LogP contribution in [0.25, 0.3) is 0 Å². The first-order valence-corrected chi connectivity index (χ1v) is 6.75. The number of aliphatic hydroxyl groups excluding tert-OH is 1. The lowest BCUT2D eigenvalue weighted by Gasteiger charge is -2.15. The normalized spacial score (nSPS) is 12.2. The third-order valence-electron chi connectivity index (χ3n) is 3.34. The molecule has 0 amide bonds. The minimum absolute atomic E-state index is 0.0602. The maximum Gasteiger partial charge on any atom is 0.270 e. The van der Waals surface area contributed by atoms with Crippen LogP contribution in [0.2, 0.25) is 0 Å². The minimum atomic E-state index is -0.413. The molecule has 0 fully saturated rings. The van der Waals surface area contributed by atoms with Gasteiger partial charge in [0.15, 0.2) is 0 Å². The Morgan fingerprint density at radius 2 is 2.25 bits per heavy atom. The third kappa shape index (κ3) is 4.79. The lowest BCUT2D eigenvalue weighted by Crippen LogP contribution is -2.23. The Morgan fingerprint density at radius 1 is 1.50 bits per heavy atom. The molecule has 6 heteroatoms. The molecular weight excluding hydrogens is 260 g/mol. The second-order valence-electron chi connectivity index (χ2n) is 4.67. The van der Waals surface area contributed by atoms with Gasteiger partial charge in [-0.2, -0.15) is 0 Å². The molecule has 0 aliphatic rings. The number of nitro groups is 1. The summed E-state index contributed by atoms with van der Waals surface area (Å²) in [6.45, 7) is 3.53. The van der Waals surface area contributed by atoms with E-state index in [9.17, 15) is 10.1 Å². The summed E-state index contributed by atoms with van der Waals surface area (Å²) in [5, 5.41) is 23.0. The quantitative estimate of drug-likeness (QED) is 0.535. The van der Waals surface area contributed by atoms with Gasteiger partial charge in [0.2, 0.25) is 0 Å². The molecule has 0 aromatic heterocycles. The van der Waals surface area contributed by atoms with Crippen LogP contribution in [0.1, 0.15) is 25.3 Å². The summed E-state index contributed by atoms with van der Waals surface area (Å²) >= 11 is 0. The zero-order valence-corrected chi connectivity index (χ0v) is 12.0. The zero-order valence-electron chi connectivity index (χ0n) is 12.0. The molecule has 0 radical (unpaired) electrons. The summed E-state index contributed by atoms with van der Waals surface area (Å²) in [5.74, 6) is 1.04. The van der Waals surface area contributed by atoms with Crippen molar-refractivity contribution in [2.45, 2.75) is 26.3 Å². The Bertz CT molecular complexity index is 437. The van der Waals surface area contributed by atoms with Crippen LogP contribution in [0.3, 0.4) is 0 Å². The molecule has 112 valence electrons. The lowest BCUT2D eigenvalue weighted by molar-refractivity contribution is -0.384. The molecule has 0 bridgehead atoms. The van der Waals surface area contributed by atoms with Crippen molar-refractivity contribution in [1.82, 2.24) is 5.32 Å². The van der Waals surface area contributed by atoms with Gasteiger partial charge in [-0.05, 0) is 24.9 Å². The van der Waals surface area contributed by atoms with Gasteiger partial charge in [-0.3, -0.25) is 10.1 Å². The number of nitro benzene ring substituents is 1. The van der Waals surface area contributed by atoms with Crippen LogP contribution >= 0.6 is 0 Å². The number of rotatable bonds is 9. The Labute approximate surface area is 118 Å². The molecule has 1 aromatic rings. The van der Waals surface area contributed by atoms with Crippen molar-refractivity contribution in [2.24, 2.45) is 5.92 Å². The number of benzene rings is 1. The van der Waals surface area contributed by atoms with Gasteiger partial charge in [0.05, 0.1) is 12.0 Å². The van der Waals surface area contributed by atoms with Gasteiger partial charge in [-0.25, -0.2) is 0 Å². The highest BCUT2D eigenvalue weighted by Gasteiger charge is 2.12. The molecular formula is C14H22N2O4. The first kappa shape index (κ1) is 16.4. The van der Waals surface area contributed by atoms with E-state index in [1.807, 2.05) is 0 Å². The van der Waals surface area contributed by atoms with Crippen molar-refractivity contribution >= 4 is 5.69 Å². The largest absolute Gasteiger partial charge is 0.496 e. The fraction of sp³-hybridized carbons (Fsp3) is 0.571. The predicted molar refractivity (Wildman–Crippen MR) is 76.8 cm³/mol. The number of aliphatic hydroxyl groups is 1. The van der Waals surface area contributed by atoms with E-state index in [2.05, 4.69) is 12.2 Å². The van der Waals surface area contributed by atoms with Crippen molar-refractivity contribution < 1.29 is 14.8 Å². The smallest absolute Gasteiger partial charge is 0.270 e. The summed E-state index contributed by atoms with van der Waals surface area (Å²) < 4.78 is 5.21. The fourth-order valence-electron chi connectivity index (χ4n) is 2.06. The summed E-state index contributed by atoms with van der Waals surface area (Å²) in [7, 11) is 1.55. The van der Waals surface area contributed by atoms with Crippen LogP contribution in [0, 0.1) is 16.0 Å². The molecule has 1 aromatic carbocycles. The van der Waals surface area contributed by atoms with E-state index in [4.69, 9.17) is 9.84 Å². The topological polar surface area (TPSA) is 84.6 Å². The third-order valence-corrected chi connectivity index (χ3v) is 3.34. The van der Waals surface area contributed by atoms with Gasteiger partial charge in [0, 0.05) is 30.8 Å². The number of methoxy groups -OCH3 is 1. The number of nitrogens with one attached hydrogen (secondary N) is 1. The maximum atomic E-state index is 10.8. The maximum absolute atomic E-state index is 10.8. The molecule has 0 heterocycles. The molecule has 0 saturated carbocycles. The van der Waals surface area contributed by atoms with Gasteiger partial charge < -0.3 is 15.2 Å². The van der Waals surface area contributed by atoms with Gasteiger partial charge in [0.1, 0.15) is 5.75 Å². The molecule has 0 saturated heterocycles. The average Bonchev–Trinajstić information content (AvgIpc) is 2.46. The molecule has 0 spiro atoms. The summed E-state index contributed by atoms with van der Waals surface area (Å²) in [4.78, 5) is 10.4. The van der Waals surface area contributed by atoms with Gasteiger partial charge in [0.25, 0.3) is 5.69 Å². The SMILES string of the molecule is CCC(CCO)CNCc1cc([N+](=O)[O-])ccc1OC. The molecule has 1 rings (SSSR count). The second-order valence-corrected chi connectivity index (χ2v) is 4.67. The van der Waals surface area contributed by atoms with E-state index in [0.717, 1.165) is 24.9 Å². The van der Waals surface area contributed by atoms with Crippen LogP contribution < -0.4 is 10.1 Å². The molecule has 0 aliphatic carbocycles. The summed E-state index contributed by atoms with van der Waals surface area (Å²) in [6, 6.07) is 4.57. The van der Waals surface area contributed by atoms with Crippen molar-refractivity contribution in [3.05, 3.63) is 33.9 Å². The van der Waals surface area contributed by atoms with Crippen molar-refractivity contribution in [3.8, 4) is 5.75 Å². The Balaban J connectivity index is 2.65. The highest BCUT2D eigenvalue weighted by atomic mass is 16.6. The molecule has 1 unspecified atom stereocenters. The Hall–Kier alpha value is -1.66. The standard InChI is InChI=1S/C14H22N2O4/c1-3-11(6-7-17)9-15-10-12-8-13(16(18)19)4-5-14(12)20-2/h4-5,8,11,15,17H,3,6-7,9-10H2,1-2H3. The molecule has 20 heavy (non-hydrogen) atoms. The van der Waals surface area contributed by atoms with E-state index in [0.29, 0.717) is 18.2 Å².